The van der Waals surface area contributed by atoms with Crippen LogP contribution in [0, 0.1) is 0 Å². The summed E-state index contributed by atoms with van der Waals surface area (Å²) in [5.41, 5.74) is 2.85. The van der Waals surface area contributed by atoms with Crippen LogP contribution in [0.5, 0.6) is 0 Å². The van der Waals surface area contributed by atoms with Gasteiger partial charge in [0.05, 0.1) is 0 Å². The van der Waals surface area contributed by atoms with Gasteiger partial charge < -0.3 is 9.80 Å². The molecule has 0 saturated heterocycles. The van der Waals surface area contributed by atoms with Crippen molar-refractivity contribution in [2.75, 3.05) is 13.1 Å². The van der Waals surface area contributed by atoms with Gasteiger partial charge in [-0.1, -0.05) is 126 Å². The van der Waals surface area contributed by atoms with E-state index in [0.717, 1.165) is 32.4 Å². The number of benzene rings is 2. The third kappa shape index (κ3) is 6.68. The summed E-state index contributed by atoms with van der Waals surface area (Å²) in [6, 6.07) is 22.4. The fourth-order valence-corrected chi connectivity index (χ4v) is 5.92. The fourth-order valence-electron chi connectivity index (χ4n) is 5.92. The van der Waals surface area contributed by atoms with Gasteiger partial charge in [-0.15, -0.1) is 0 Å². The van der Waals surface area contributed by atoms with E-state index in [4.69, 9.17) is 0 Å². The average molecular weight is 461 g/mol. The van der Waals surface area contributed by atoms with E-state index in [-0.39, 0.29) is 5.66 Å². The van der Waals surface area contributed by atoms with Crippen molar-refractivity contribution >= 4 is 0 Å². The molecule has 1 heterocycles. The molecule has 186 valence electrons. The second kappa shape index (κ2) is 14.2. The molecule has 1 aliphatic rings. The summed E-state index contributed by atoms with van der Waals surface area (Å²) in [5, 5.41) is 0. The molecule has 34 heavy (non-hydrogen) atoms. The lowest BCUT2D eigenvalue weighted by molar-refractivity contribution is -0.00287. The lowest BCUT2D eigenvalue weighted by Gasteiger charge is -2.51. The van der Waals surface area contributed by atoms with Crippen molar-refractivity contribution in [2.45, 2.75) is 103 Å². The van der Waals surface area contributed by atoms with Crippen LogP contribution in [0.1, 0.15) is 102 Å². The standard InChI is InChI=1S/C32H48N2/c1-4-7-8-9-10-11-12-19-25-34-27-26-33(24-5-2)32(34,28-29-20-15-13-16-21-29)31(6-3)30-22-17-14-18-23-30/h13-18,20-23,26-27,31H,4-12,19,24-25,28H2,1-3H3. The Morgan fingerprint density at radius 2 is 1.18 bits per heavy atom. The van der Waals surface area contributed by atoms with Crippen LogP contribution in [-0.2, 0) is 6.42 Å². The van der Waals surface area contributed by atoms with Crippen molar-refractivity contribution in [1.29, 1.82) is 0 Å². The Labute approximate surface area is 210 Å². The zero-order valence-electron chi connectivity index (χ0n) is 22.1. The molecule has 0 N–H and O–H groups in total. The van der Waals surface area contributed by atoms with E-state index >= 15 is 0 Å². The molecule has 0 amide bonds. The molecule has 1 aliphatic heterocycles. The quantitative estimate of drug-likeness (QED) is 0.231. The first-order valence-corrected chi connectivity index (χ1v) is 14.1. The molecule has 2 heteroatoms. The lowest BCUT2D eigenvalue weighted by Crippen LogP contribution is -2.59. The second-order valence-corrected chi connectivity index (χ2v) is 10.1. The van der Waals surface area contributed by atoms with Crippen molar-refractivity contribution in [2.24, 2.45) is 0 Å². The van der Waals surface area contributed by atoms with Crippen LogP contribution in [0.25, 0.3) is 0 Å². The zero-order valence-corrected chi connectivity index (χ0v) is 22.1. The van der Waals surface area contributed by atoms with Crippen molar-refractivity contribution in [3.63, 3.8) is 0 Å². The van der Waals surface area contributed by atoms with E-state index in [1.54, 1.807) is 0 Å². The molecule has 0 radical (unpaired) electrons. The number of unbranched alkanes of at least 4 members (excludes halogenated alkanes) is 7. The third-order valence-corrected chi connectivity index (χ3v) is 7.61. The first-order valence-electron chi connectivity index (χ1n) is 14.1. The summed E-state index contributed by atoms with van der Waals surface area (Å²) in [6.45, 7) is 9.22. The Bertz CT molecular complexity index is 815. The highest BCUT2D eigenvalue weighted by molar-refractivity contribution is 5.30. The highest BCUT2D eigenvalue weighted by Crippen LogP contribution is 2.45. The topological polar surface area (TPSA) is 6.48 Å². The molecule has 2 aromatic rings. The minimum Gasteiger partial charge on any atom is -0.353 e. The summed E-state index contributed by atoms with van der Waals surface area (Å²) in [5.74, 6) is 0.449. The monoisotopic (exact) mass is 460 g/mol. The molecule has 2 nitrogen and oxygen atoms in total. The molecule has 0 bridgehead atoms. The van der Waals surface area contributed by atoms with Crippen molar-refractivity contribution < 1.29 is 0 Å². The number of rotatable bonds is 16. The van der Waals surface area contributed by atoms with E-state index in [0.29, 0.717) is 5.92 Å². The molecular weight excluding hydrogens is 412 g/mol. The maximum atomic E-state index is 2.72. The van der Waals surface area contributed by atoms with Gasteiger partial charge in [-0.3, -0.25) is 0 Å². The SMILES string of the molecule is CCCCCCCCCCN1C=CN(CCC)C1(Cc1ccccc1)C(CC)c1ccccc1. The van der Waals surface area contributed by atoms with E-state index in [1.165, 1.54) is 62.5 Å². The summed E-state index contributed by atoms with van der Waals surface area (Å²) in [7, 11) is 0. The van der Waals surface area contributed by atoms with Crippen LogP contribution in [0.2, 0.25) is 0 Å². The largest absolute Gasteiger partial charge is 0.353 e. The zero-order chi connectivity index (χ0) is 24.1. The Balaban J connectivity index is 1.82. The van der Waals surface area contributed by atoms with Gasteiger partial charge in [-0.2, -0.15) is 0 Å². The first kappa shape index (κ1) is 26.4. The van der Waals surface area contributed by atoms with Crippen LogP contribution in [0.15, 0.2) is 73.1 Å². The molecule has 0 aliphatic carbocycles. The first-order chi connectivity index (χ1) is 16.8. The van der Waals surface area contributed by atoms with Gasteiger partial charge in [-0.05, 0) is 30.4 Å². The summed E-state index contributed by atoms with van der Waals surface area (Å²) in [6.07, 6.45) is 19.1. The number of hydrogen-bond donors (Lipinski definition) is 0. The second-order valence-electron chi connectivity index (χ2n) is 10.1. The fraction of sp³-hybridized carbons (Fsp3) is 0.562. The van der Waals surface area contributed by atoms with Gasteiger partial charge in [0.25, 0.3) is 0 Å². The highest BCUT2D eigenvalue weighted by Gasteiger charge is 2.48. The minimum absolute atomic E-state index is 0.0470. The van der Waals surface area contributed by atoms with Gasteiger partial charge in [0.15, 0.2) is 0 Å². The lowest BCUT2D eigenvalue weighted by atomic mass is 9.78. The van der Waals surface area contributed by atoms with Crippen molar-refractivity contribution in [3.8, 4) is 0 Å². The summed E-state index contributed by atoms with van der Waals surface area (Å²) < 4.78 is 0. The average Bonchev–Trinajstić information content (AvgIpc) is 3.20. The van der Waals surface area contributed by atoms with E-state index in [1.807, 2.05) is 0 Å². The Hall–Kier alpha value is -2.22. The molecule has 0 saturated carbocycles. The van der Waals surface area contributed by atoms with E-state index in [9.17, 15) is 0 Å². The van der Waals surface area contributed by atoms with Gasteiger partial charge in [0, 0.05) is 37.8 Å². The smallest absolute Gasteiger partial charge is 0.123 e. The summed E-state index contributed by atoms with van der Waals surface area (Å²) in [4.78, 5) is 5.39. The van der Waals surface area contributed by atoms with Crippen LogP contribution in [-0.4, -0.2) is 28.6 Å². The van der Waals surface area contributed by atoms with Crippen LogP contribution in [0.3, 0.4) is 0 Å². The third-order valence-electron chi connectivity index (χ3n) is 7.61. The van der Waals surface area contributed by atoms with Crippen LogP contribution < -0.4 is 0 Å². The molecule has 0 spiro atoms. The van der Waals surface area contributed by atoms with Crippen molar-refractivity contribution in [1.82, 2.24) is 9.80 Å². The van der Waals surface area contributed by atoms with Gasteiger partial charge in [-0.25, -0.2) is 0 Å². The predicted octanol–water partition coefficient (Wildman–Crippen LogP) is 8.76. The normalized spacial score (nSPS) is 18.6. The number of hydrogen-bond acceptors (Lipinski definition) is 2. The van der Waals surface area contributed by atoms with Crippen molar-refractivity contribution in [3.05, 3.63) is 84.2 Å². The Kier molecular flexibility index (Phi) is 11.1. The van der Waals surface area contributed by atoms with Gasteiger partial charge in [0.1, 0.15) is 5.66 Å². The molecular formula is C32H48N2. The van der Waals surface area contributed by atoms with E-state index < -0.39 is 0 Å². The number of nitrogens with zero attached hydrogens (tertiary/aromatic N) is 2. The van der Waals surface area contributed by atoms with Gasteiger partial charge in [0.2, 0.25) is 0 Å². The minimum atomic E-state index is -0.0470. The van der Waals surface area contributed by atoms with E-state index in [2.05, 4.69) is 104 Å². The van der Waals surface area contributed by atoms with Gasteiger partial charge >= 0.3 is 0 Å². The predicted molar refractivity (Wildman–Crippen MR) is 148 cm³/mol. The van der Waals surface area contributed by atoms with Crippen LogP contribution >= 0.6 is 0 Å². The molecule has 2 aromatic carbocycles. The Morgan fingerprint density at radius 3 is 1.76 bits per heavy atom. The summed E-state index contributed by atoms with van der Waals surface area (Å²) >= 11 is 0. The highest BCUT2D eigenvalue weighted by atomic mass is 15.4. The van der Waals surface area contributed by atoms with Crippen LogP contribution in [0.4, 0.5) is 0 Å². The molecule has 0 fully saturated rings. The maximum Gasteiger partial charge on any atom is 0.123 e. The molecule has 0 aromatic heterocycles. The molecule has 3 rings (SSSR count). The maximum absolute atomic E-state index is 2.72. The molecule has 2 unspecified atom stereocenters. The molecule has 2 atom stereocenters. The Morgan fingerprint density at radius 1 is 0.618 bits per heavy atom.